The Morgan fingerprint density at radius 3 is 2.80 bits per heavy atom. The average molecular weight is 340 g/mol. The highest BCUT2D eigenvalue weighted by molar-refractivity contribution is 5.74. The number of imidazole rings is 1. The van der Waals surface area contributed by atoms with Crippen LogP contribution in [-0.4, -0.2) is 39.6 Å². The van der Waals surface area contributed by atoms with E-state index >= 15 is 0 Å². The van der Waals surface area contributed by atoms with Crippen molar-refractivity contribution in [3.8, 4) is 11.4 Å². The number of likely N-dealkylation sites (tertiary alicyclic amines) is 1. The van der Waals surface area contributed by atoms with Gasteiger partial charge in [0.15, 0.2) is 0 Å². The monoisotopic (exact) mass is 340 g/mol. The van der Waals surface area contributed by atoms with E-state index in [0.29, 0.717) is 5.92 Å². The van der Waals surface area contributed by atoms with Crippen LogP contribution in [0.2, 0.25) is 0 Å². The van der Waals surface area contributed by atoms with Gasteiger partial charge in [-0.2, -0.15) is 0 Å². The number of nitrogens with one attached hydrogen (secondary N) is 1. The lowest BCUT2D eigenvalue weighted by atomic mass is 9.98. The van der Waals surface area contributed by atoms with E-state index in [1.54, 1.807) is 0 Å². The van der Waals surface area contributed by atoms with Gasteiger partial charge in [-0.3, -0.25) is 0 Å². The molecule has 134 valence electrons. The lowest BCUT2D eigenvalue weighted by Crippen LogP contribution is -2.48. The molecule has 2 amide bonds. The van der Waals surface area contributed by atoms with Gasteiger partial charge in [0.1, 0.15) is 5.82 Å². The fourth-order valence-corrected chi connectivity index (χ4v) is 3.50. The molecule has 1 atom stereocenters. The van der Waals surface area contributed by atoms with Crippen LogP contribution < -0.4 is 5.32 Å². The maximum atomic E-state index is 12.3. The SMILES string of the molecule is Cc1cnc(-c2ccccc2)n1CC1CCCN(C(=O)NC(C)C)C1. The number of hydrogen-bond donors (Lipinski definition) is 1. The average Bonchev–Trinajstić information content (AvgIpc) is 2.96. The molecule has 1 unspecified atom stereocenters. The van der Waals surface area contributed by atoms with Crippen molar-refractivity contribution in [2.24, 2.45) is 5.92 Å². The Kier molecular flexibility index (Phi) is 5.41. The Balaban J connectivity index is 1.72. The van der Waals surface area contributed by atoms with E-state index in [-0.39, 0.29) is 12.1 Å². The summed E-state index contributed by atoms with van der Waals surface area (Å²) in [6.45, 7) is 8.67. The summed E-state index contributed by atoms with van der Waals surface area (Å²) in [7, 11) is 0. The molecule has 2 heterocycles. The lowest BCUT2D eigenvalue weighted by molar-refractivity contribution is 0.157. The van der Waals surface area contributed by atoms with Crippen LogP contribution in [-0.2, 0) is 6.54 Å². The minimum Gasteiger partial charge on any atom is -0.336 e. The number of amides is 2. The van der Waals surface area contributed by atoms with Crippen LogP contribution >= 0.6 is 0 Å². The van der Waals surface area contributed by atoms with E-state index in [4.69, 9.17) is 0 Å². The van der Waals surface area contributed by atoms with Crippen LogP contribution in [0.5, 0.6) is 0 Å². The van der Waals surface area contributed by atoms with Crippen LogP contribution in [0, 0.1) is 12.8 Å². The number of rotatable bonds is 4. The van der Waals surface area contributed by atoms with Gasteiger partial charge < -0.3 is 14.8 Å². The molecule has 1 saturated heterocycles. The zero-order valence-corrected chi connectivity index (χ0v) is 15.4. The van der Waals surface area contributed by atoms with E-state index in [1.807, 2.05) is 43.1 Å². The van der Waals surface area contributed by atoms with E-state index in [9.17, 15) is 4.79 Å². The molecule has 25 heavy (non-hydrogen) atoms. The second kappa shape index (κ2) is 7.72. The highest BCUT2D eigenvalue weighted by Gasteiger charge is 2.25. The first kappa shape index (κ1) is 17.5. The summed E-state index contributed by atoms with van der Waals surface area (Å²) in [6, 6.07) is 10.5. The third-order valence-electron chi connectivity index (χ3n) is 4.75. The smallest absolute Gasteiger partial charge is 0.317 e. The molecule has 5 nitrogen and oxygen atoms in total. The van der Waals surface area contributed by atoms with Gasteiger partial charge in [0, 0.05) is 43.1 Å². The molecule has 5 heteroatoms. The first-order chi connectivity index (χ1) is 12.0. The van der Waals surface area contributed by atoms with Crippen molar-refractivity contribution in [1.82, 2.24) is 19.8 Å². The van der Waals surface area contributed by atoms with E-state index in [1.165, 1.54) is 5.69 Å². The highest BCUT2D eigenvalue weighted by atomic mass is 16.2. The van der Waals surface area contributed by atoms with Gasteiger partial charge in [-0.15, -0.1) is 0 Å². The molecule has 1 aliphatic heterocycles. The number of carbonyl (C=O) groups is 1. The third kappa shape index (κ3) is 4.21. The maximum Gasteiger partial charge on any atom is 0.317 e. The van der Waals surface area contributed by atoms with Gasteiger partial charge in [-0.25, -0.2) is 9.78 Å². The number of carbonyl (C=O) groups excluding carboxylic acids is 1. The molecular formula is C20H28N4O. The summed E-state index contributed by atoms with van der Waals surface area (Å²) in [5.41, 5.74) is 2.31. The van der Waals surface area contributed by atoms with Crippen molar-refractivity contribution >= 4 is 6.03 Å². The molecule has 0 bridgehead atoms. The topological polar surface area (TPSA) is 50.2 Å². The van der Waals surface area contributed by atoms with Gasteiger partial charge in [0.25, 0.3) is 0 Å². The Labute approximate surface area is 150 Å². The fraction of sp³-hybridized carbons (Fsp3) is 0.500. The predicted octanol–water partition coefficient (Wildman–Crippen LogP) is 3.69. The molecule has 2 aromatic rings. The van der Waals surface area contributed by atoms with Crippen LogP contribution in [0.1, 0.15) is 32.4 Å². The maximum absolute atomic E-state index is 12.3. The Hall–Kier alpha value is -2.30. The highest BCUT2D eigenvalue weighted by Crippen LogP contribution is 2.24. The molecule has 1 N–H and O–H groups in total. The molecule has 1 aromatic carbocycles. The summed E-state index contributed by atoms with van der Waals surface area (Å²) < 4.78 is 2.30. The third-order valence-corrected chi connectivity index (χ3v) is 4.75. The summed E-state index contributed by atoms with van der Waals surface area (Å²) in [4.78, 5) is 18.9. The van der Waals surface area contributed by atoms with E-state index in [2.05, 4.69) is 33.9 Å². The lowest BCUT2D eigenvalue weighted by Gasteiger charge is -2.34. The predicted molar refractivity (Wildman–Crippen MR) is 100 cm³/mol. The number of aromatic nitrogens is 2. The number of piperidine rings is 1. The molecule has 0 saturated carbocycles. The summed E-state index contributed by atoms with van der Waals surface area (Å²) in [6.07, 6.45) is 4.15. The zero-order chi connectivity index (χ0) is 17.8. The standard InChI is InChI=1S/C20H28N4O/c1-15(2)22-20(25)23-11-7-8-17(13-23)14-24-16(3)12-21-19(24)18-9-5-4-6-10-18/h4-6,9-10,12,15,17H,7-8,11,13-14H2,1-3H3,(H,22,25). The molecule has 1 aliphatic rings. The van der Waals surface area contributed by atoms with Crippen molar-refractivity contribution in [3.05, 3.63) is 42.2 Å². The number of hydrogen-bond acceptors (Lipinski definition) is 2. The zero-order valence-electron chi connectivity index (χ0n) is 15.4. The van der Waals surface area contributed by atoms with Crippen molar-refractivity contribution in [1.29, 1.82) is 0 Å². The second-order valence-corrected chi connectivity index (χ2v) is 7.26. The molecule has 1 fully saturated rings. The van der Waals surface area contributed by atoms with Gasteiger partial charge >= 0.3 is 6.03 Å². The summed E-state index contributed by atoms with van der Waals surface area (Å²) in [5, 5.41) is 3.01. The van der Waals surface area contributed by atoms with Gasteiger partial charge in [0.05, 0.1) is 0 Å². The summed E-state index contributed by atoms with van der Waals surface area (Å²) >= 11 is 0. The molecule has 0 radical (unpaired) electrons. The van der Waals surface area contributed by atoms with Crippen molar-refractivity contribution < 1.29 is 4.79 Å². The van der Waals surface area contributed by atoms with Crippen molar-refractivity contribution in [3.63, 3.8) is 0 Å². The Morgan fingerprint density at radius 1 is 1.32 bits per heavy atom. The van der Waals surface area contributed by atoms with Gasteiger partial charge in [-0.1, -0.05) is 30.3 Å². The Morgan fingerprint density at radius 2 is 2.08 bits per heavy atom. The molecule has 0 aliphatic carbocycles. The van der Waals surface area contributed by atoms with E-state index < -0.39 is 0 Å². The van der Waals surface area contributed by atoms with Crippen LogP contribution in [0.25, 0.3) is 11.4 Å². The number of aryl methyl sites for hydroxylation is 1. The first-order valence-corrected chi connectivity index (χ1v) is 9.17. The molecule has 0 spiro atoms. The minimum absolute atomic E-state index is 0.0605. The van der Waals surface area contributed by atoms with Crippen LogP contribution in [0.4, 0.5) is 4.79 Å². The molecular weight excluding hydrogens is 312 g/mol. The van der Waals surface area contributed by atoms with Gasteiger partial charge in [-0.05, 0) is 39.5 Å². The van der Waals surface area contributed by atoms with Crippen LogP contribution in [0.3, 0.4) is 0 Å². The molecule has 1 aromatic heterocycles. The number of benzene rings is 1. The van der Waals surface area contributed by atoms with Crippen molar-refractivity contribution in [2.45, 2.75) is 46.2 Å². The largest absolute Gasteiger partial charge is 0.336 e. The molecule has 3 rings (SSSR count). The summed E-state index contributed by atoms with van der Waals surface area (Å²) in [5.74, 6) is 1.48. The number of urea groups is 1. The Bertz CT molecular complexity index is 708. The quantitative estimate of drug-likeness (QED) is 0.923. The minimum atomic E-state index is 0.0605. The fourth-order valence-electron chi connectivity index (χ4n) is 3.50. The number of nitrogens with zero attached hydrogens (tertiary/aromatic N) is 3. The first-order valence-electron chi connectivity index (χ1n) is 9.17. The van der Waals surface area contributed by atoms with Crippen molar-refractivity contribution in [2.75, 3.05) is 13.1 Å². The van der Waals surface area contributed by atoms with Crippen LogP contribution in [0.15, 0.2) is 36.5 Å². The second-order valence-electron chi connectivity index (χ2n) is 7.26. The van der Waals surface area contributed by atoms with Gasteiger partial charge in [0.2, 0.25) is 0 Å². The normalized spacial score (nSPS) is 17.8. The van der Waals surface area contributed by atoms with E-state index in [0.717, 1.165) is 43.9 Å².